The maximum absolute atomic E-state index is 12.5. The molecule has 0 aliphatic heterocycles. The number of aliphatic carboxylic acids is 1. The molecule has 1 atom stereocenters. The van der Waals surface area contributed by atoms with Gasteiger partial charge in [0.15, 0.2) is 0 Å². The first-order valence-electron chi connectivity index (χ1n) is 5.41. The second-order valence-electron chi connectivity index (χ2n) is 3.65. The predicted octanol–water partition coefficient (Wildman–Crippen LogP) is 2.65. The van der Waals surface area contributed by atoms with E-state index < -0.39 is 18.4 Å². The van der Waals surface area contributed by atoms with Crippen molar-refractivity contribution >= 4 is 5.97 Å². The Labute approximate surface area is 107 Å². The zero-order valence-corrected chi connectivity index (χ0v) is 9.83. The molecule has 0 heterocycles. The monoisotopic (exact) mass is 270 g/mol. The molecule has 102 valence electrons. The maximum Gasteiger partial charge on any atom is 0.325 e. The van der Waals surface area contributed by atoms with Crippen LogP contribution in [0.25, 0.3) is 10.4 Å². The summed E-state index contributed by atoms with van der Waals surface area (Å²) >= 11 is 0. The molecule has 0 amide bonds. The SMILES string of the molecule is [N-]=[N+]=NCCNC(C(=O)O)c1cccc(C(F)F)c1. The van der Waals surface area contributed by atoms with Gasteiger partial charge in [0.1, 0.15) is 6.04 Å². The first-order chi connectivity index (χ1) is 9.06. The molecule has 1 unspecified atom stereocenters. The fraction of sp³-hybridized carbons (Fsp3) is 0.364. The minimum Gasteiger partial charge on any atom is -0.480 e. The molecule has 0 aliphatic carbocycles. The Morgan fingerprint density at radius 2 is 2.16 bits per heavy atom. The topological polar surface area (TPSA) is 98.1 Å². The lowest BCUT2D eigenvalue weighted by molar-refractivity contribution is -0.139. The summed E-state index contributed by atoms with van der Waals surface area (Å²) in [6.07, 6.45) is -2.66. The lowest BCUT2D eigenvalue weighted by atomic mass is 10.0. The molecule has 2 N–H and O–H groups in total. The predicted molar refractivity (Wildman–Crippen MR) is 63.8 cm³/mol. The Bertz CT molecular complexity index is 489. The van der Waals surface area contributed by atoms with Crippen molar-refractivity contribution in [3.63, 3.8) is 0 Å². The fourth-order valence-electron chi connectivity index (χ4n) is 1.53. The Morgan fingerprint density at radius 1 is 1.47 bits per heavy atom. The molecule has 6 nitrogen and oxygen atoms in total. The van der Waals surface area contributed by atoms with Crippen molar-refractivity contribution in [2.75, 3.05) is 13.1 Å². The minimum absolute atomic E-state index is 0.0782. The van der Waals surface area contributed by atoms with E-state index in [4.69, 9.17) is 10.6 Å². The van der Waals surface area contributed by atoms with Gasteiger partial charge in [-0.1, -0.05) is 23.3 Å². The van der Waals surface area contributed by atoms with E-state index in [0.717, 1.165) is 6.07 Å². The molecule has 0 radical (unpaired) electrons. The maximum atomic E-state index is 12.5. The van der Waals surface area contributed by atoms with Crippen molar-refractivity contribution in [2.24, 2.45) is 5.11 Å². The van der Waals surface area contributed by atoms with E-state index in [-0.39, 0.29) is 24.2 Å². The van der Waals surface area contributed by atoms with Crippen molar-refractivity contribution in [1.29, 1.82) is 0 Å². The molecule has 0 saturated carbocycles. The van der Waals surface area contributed by atoms with Gasteiger partial charge in [-0.2, -0.15) is 0 Å². The molecular formula is C11H12F2N4O2. The molecule has 1 aromatic carbocycles. The minimum atomic E-state index is -2.66. The lowest BCUT2D eigenvalue weighted by Crippen LogP contribution is -2.30. The van der Waals surface area contributed by atoms with Gasteiger partial charge >= 0.3 is 5.97 Å². The van der Waals surface area contributed by atoms with Crippen LogP contribution in [-0.2, 0) is 4.79 Å². The van der Waals surface area contributed by atoms with Crippen LogP contribution in [0.3, 0.4) is 0 Å². The van der Waals surface area contributed by atoms with Gasteiger partial charge in [0.05, 0.1) is 0 Å². The summed E-state index contributed by atoms with van der Waals surface area (Å²) in [5.74, 6) is -1.19. The molecule has 19 heavy (non-hydrogen) atoms. The highest BCUT2D eigenvalue weighted by Gasteiger charge is 2.20. The Morgan fingerprint density at radius 3 is 2.74 bits per heavy atom. The molecule has 8 heteroatoms. The summed E-state index contributed by atoms with van der Waals surface area (Å²) < 4.78 is 25.1. The highest BCUT2D eigenvalue weighted by molar-refractivity contribution is 5.75. The van der Waals surface area contributed by atoms with Gasteiger partial charge in [-0.3, -0.25) is 4.79 Å². The largest absolute Gasteiger partial charge is 0.480 e. The molecule has 0 aromatic heterocycles. The Kier molecular flexibility index (Phi) is 5.72. The third kappa shape index (κ3) is 4.53. The summed E-state index contributed by atoms with van der Waals surface area (Å²) in [6.45, 7) is 0.217. The van der Waals surface area contributed by atoms with Gasteiger partial charge in [-0.05, 0) is 17.2 Å². The van der Waals surface area contributed by atoms with Gasteiger partial charge in [-0.15, -0.1) is 0 Å². The van der Waals surface area contributed by atoms with Gasteiger partial charge in [0.2, 0.25) is 0 Å². The standard InChI is InChI=1S/C11H12F2N4O2/c12-10(13)8-3-1-2-7(6-8)9(11(18)19)15-4-5-16-17-14/h1-3,6,9-10,15H,4-5H2,(H,18,19). The zero-order valence-electron chi connectivity index (χ0n) is 9.83. The number of carbonyl (C=O) groups is 1. The first kappa shape index (κ1) is 14.9. The van der Waals surface area contributed by atoms with E-state index >= 15 is 0 Å². The van der Waals surface area contributed by atoms with Crippen LogP contribution < -0.4 is 5.32 Å². The van der Waals surface area contributed by atoms with E-state index in [0.29, 0.717) is 0 Å². The number of carboxylic acid groups (broad SMARTS) is 1. The van der Waals surface area contributed by atoms with Gasteiger partial charge < -0.3 is 10.4 Å². The van der Waals surface area contributed by atoms with Crippen molar-refractivity contribution in [3.8, 4) is 0 Å². The van der Waals surface area contributed by atoms with Crippen LogP contribution in [0, 0.1) is 0 Å². The van der Waals surface area contributed by atoms with Crippen molar-refractivity contribution < 1.29 is 18.7 Å². The lowest BCUT2D eigenvalue weighted by Gasteiger charge is -2.15. The highest BCUT2D eigenvalue weighted by atomic mass is 19.3. The van der Waals surface area contributed by atoms with Crippen molar-refractivity contribution in [2.45, 2.75) is 12.5 Å². The normalized spacial score (nSPS) is 11.9. The molecule has 0 saturated heterocycles. The van der Waals surface area contributed by atoms with E-state index in [1.54, 1.807) is 0 Å². The first-order valence-corrected chi connectivity index (χ1v) is 5.41. The molecule has 0 aliphatic rings. The molecular weight excluding hydrogens is 258 g/mol. The highest BCUT2D eigenvalue weighted by Crippen LogP contribution is 2.22. The average molecular weight is 270 g/mol. The van der Waals surface area contributed by atoms with E-state index in [2.05, 4.69) is 15.3 Å². The van der Waals surface area contributed by atoms with Crippen molar-refractivity contribution in [1.82, 2.24) is 5.32 Å². The smallest absolute Gasteiger partial charge is 0.325 e. The molecule has 1 rings (SSSR count). The average Bonchev–Trinajstić information content (AvgIpc) is 2.38. The zero-order chi connectivity index (χ0) is 14.3. The summed E-state index contributed by atoms with van der Waals surface area (Å²) in [5, 5.41) is 14.9. The third-order valence-corrected chi connectivity index (χ3v) is 2.37. The number of rotatable bonds is 7. The van der Waals surface area contributed by atoms with Crippen molar-refractivity contribution in [3.05, 3.63) is 45.8 Å². The second kappa shape index (κ2) is 7.30. The summed E-state index contributed by atoms with van der Waals surface area (Å²) in [5.41, 5.74) is 8.08. The number of halogens is 2. The molecule has 0 spiro atoms. The molecule has 1 aromatic rings. The van der Waals surface area contributed by atoms with E-state index in [1.807, 2.05) is 0 Å². The molecule has 0 fully saturated rings. The van der Waals surface area contributed by atoms with Gasteiger partial charge in [-0.25, -0.2) is 8.78 Å². The Balaban J connectivity index is 2.83. The van der Waals surface area contributed by atoms with E-state index in [1.165, 1.54) is 18.2 Å². The number of azide groups is 1. The van der Waals surface area contributed by atoms with Gasteiger partial charge in [0.25, 0.3) is 6.43 Å². The third-order valence-electron chi connectivity index (χ3n) is 2.37. The second-order valence-corrected chi connectivity index (χ2v) is 3.65. The molecule has 0 bridgehead atoms. The Hall–Kier alpha value is -2.18. The fourth-order valence-corrected chi connectivity index (χ4v) is 1.53. The van der Waals surface area contributed by atoms with Crippen LogP contribution in [0.15, 0.2) is 29.4 Å². The van der Waals surface area contributed by atoms with Crippen LogP contribution in [0.4, 0.5) is 8.78 Å². The number of hydrogen-bond donors (Lipinski definition) is 2. The number of hydrogen-bond acceptors (Lipinski definition) is 3. The summed E-state index contributed by atoms with van der Waals surface area (Å²) in [6, 6.07) is 4.08. The number of carboxylic acids is 1. The van der Waals surface area contributed by atoms with Crippen LogP contribution in [0.1, 0.15) is 23.6 Å². The van der Waals surface area contributed by atoms with E-state index in [9.17, 15) is 13.6 Å². The van der Waals surface area contributed by atoms with Crippen LogP contribution >= 0.6 is 0 Å². The number of benzene rings is 1. The van der Waals surface area contributed by atoms with Gasteiger partial charge in [0, 0.05) is 23.6 Å². The quantitative estimate of drug-likeness (QED) is 0.345. The number of alkyl halides is 2. The summed E-state index contributed by atoms with van der Waals surface area (Å²) in [4.78, 5) is 13.6. The van der Waals surface area contributed by atoms with Crippen LogP contribution in [-0.4, -0.2) is 24.2 Å². The van der Waals surface area contributed by atoms with Crippen LogP contribution in [0.2, 0.25) is 0 Å². The number of nitrogens with zero attached hydrogens (tertiary/aromatic N) is 3. The number of nitrogens with one attached hydrogen (secondary N) is 1. The van der Waals surface area contributed by atoms with Crippen LogP contribution in [0.5, 0.6) is 0 Å². The summed E-state index contributed by atoms with van der Waals surface area (Å²) in [7, 11) is 0.